The summed E-state index contributed by atoms with van der Waals surface area (Å²) in [5.41, 5.74) is 2.23. The van der Waals surface area contributed by atoms with Gasteiger partial charge in [-0.25, -0.2) is 14.2 Å². The maximum atomic E-state index is 12.9. The molecule has 2 unspecified atom stereocenters. The smallest absolute Gasteiger partial charge is 0.355 e. The first kappa shape index (κ1) is 23.5. The lowest BCUT2D eigenvalue weighted by Gasteiger charge is -2.25. The van der Waals surface area contributed by atoms with Crippen LogP contribution in [0.2, 0.25) is 0 Å². The van der Waals surface area contributed by atoms with E-state index in [0.717, 1.165) is 73.8 Å². The average molecular weight is 510 g/mol. The second-order valence-corrected chi connectivity index (χ2v) is 11.5. The predicted octanol–water partition coefficient (Wildman–Crippen LogP) is 4.60. The van der Waals surface area contributed by atoms with E-state index in [-0.39, 0.29) is 10.3 Å². The fraction of sp³-hybridized carbons (Fsp3) is 0.478. The lowest BCUT2D eigenvalue weighted by molar-refractivity contribution is -0.126. The lowest BCUT2D eigenvalue weighted by atomic mass is 9.86. The van der Waals surface area contributed by atoms with Crippen molar-refractivity contribution in [3.63, 3.8) is 0 Å². The molecule has 4 heterocycles. The first-order chi connectivity index (χ1) is 16.2. The zero-order valence-electron chi connectivity index (χ0n) is 18.8. The minimum atomic E-state index is -4.23. The number of nitrogens with zero attached hydrogens (tertiary/aromatic N) is 4. The molecular formula is C23H26F3N5OS2. The third kappa shape index (κ3) is 5.21. The summed E-state index contributed by atoms with van der Waals surface area (Å²) in [6.07, 6.45) is 0.0403. The molecule has 11 heteroatoms. The highest BCUT2D eigenvalue weighted by Gasteiger charge is 2.44. The van der Waals surface area contributed by atoms with Crippen LogP contribution >= 0.6 is 11.3 Å². The van der Waals surface area contributed by atoms with Gasteiger partial charge in [0.1, 0.15) is 28.0 Å². The van der Waals surface area contributed by atoms with Crippen molar-refractivity contribution in [3.8, 4) is 0 Å². The first-order valence-corrected chi connectivity index (χ1v) is 13.5. The van der Waals surface area contributed by atoms with Crippen molar-refractivity contribution in [1.29, 1.82) is 0 Å². The Hall–Kier alpha value is -2.24. The summed E-state index contributed by atoms with van der Waals surface area (Å²) in [7, 11) is -1.09. The molecule has 2 saturated heterocycles. The number of nitrogens with one attached hydrogen (secondary N) is 1. The number of likely N-dealkylation sites (tertiary alicyclic amines) is 1. The molecule has 2 fully saturated rings. The number of aromatic nitrogens is 2. The molecule has 1 N–H and O–H groups in total. The molecule has 1 spiro atoms. The van der Waals surface area contributed by atoms with Crippen molar-refractivity contribution in [2.75, 3.05) is 42.1 Å². The number of thiophene rings is 1. The van der Waals surface area contributed by atoms with Gasteiger partial charge in [0, 0.05) is 48.4 Å². The van der Waals surface area contributed by atoms with Gasteiger partial charge in [0.05, 0.1) is 11.8 Å². The Kier molecular flexibility index (Phi) is 6.28. The minimum Gasteiger partial charge on any atom is -0.355 e. The molecule has 2 atom stereocenters. The molecule has 2 aliphatic rings. The van der Waals surface area contributed by atoms with Gasteiger partial charge in [-0.1, -0.05) is 12.1 Å². The summed E-state index contributed by atoms with van der Waals surface area (Å²) < 4.78 is 52.8. The fourth-order valence-electron chi connectivity index (χ4n) is 5.14. The first-order valence-electron chi connectivity index (χ1n) is 11.1. The largest absolute Gasteiger partial charge is 0.393 e. The number of benzene rings is 1. The number of hydrogen-bond acceptors (Lipinski definition) is 6. The molecule has 2 aromatic heterocycles. The van der Waals surface area contributed by atoms with Gasteiger partial charge < -0.3 is 9.62 Å². The van der Waals surface area contributed by atoms with Gasteiger partial charge in [0.25, 0.3) is 0 Å². The number of halogens is 3. The third-order valence-electron chi connectivity index (χ3n) is 6.61. The van der Waals surface area contributed by atoms with Crippen LogP contribution in [0.5, 0.6) is 0 Å². The van der Waals surface area contributed by atoms with Crippen LogP contribution < -0.4 is 9.62 Å². The number of alkyl halides is 3. The van der Waals surface area contributed by atoms with Crippen LogP contribution in [0.3, 0.4) is 0 Å². The fourth-order valence-corrected chi connectivity index (χ4v) is 6.63. The standard InChI is InChI=1S/C23H26F3N5OS2/c1-34(32)29-17-4-2-16(3-5-17)12-30-8-6-22(13-30)7-9-31(14-22)20-19-10-18(11-23(24,25)26)33-21(19)28-15-27-20/h2-5,10,15,29H,6-9,11-14H2,1H3. The van der Waals surface area contributed by atoms with Crippen LogP contribution in [-0.4, -0.2) is 57.7 Å². The summed E-state index contributed by atoms with van der Waals surface area (Å²) in [6.45, 7) is 4.56. The Balaban J connectivity index is 1.25. The maximum Gasteiger partial charge on any atom is 0.393 e. The SMILES string of the molecule is CS(=O)Nc1ccc(CN2CCC3(CCN(c4ncnc5sc(CC(F)(F)F)cc45)C3)C2)cc1. The second-order valence-electron chi connectivity index (χ2n) is 9.31. The van der Waals surface area contributed by atoms with Crippen molar-refractivity contribution in [3.05, 3.63) is 47.1 Å². The molecule has 0 amide bonds. The number of rotatable bonds is 6. The summed E-state index contributed by atoms with van der Waals surface area (Å²) in [5, 5.41) is 0.723. The van der Waals surface area contributed by atoms with E-state index >= 15 is 0 Å². The molecular weight excluding hydrogens is 483 g/mol. The predicted molar refractivity (Wildman–Crippen MR) is 130 cm³/mol. The zero-order valence-corrected chi connectivity index (χ0v) is 20.4. The van der Waals surface area contributed by atoms with Crippen LogP contribution in [0, 0.1) is 5.41 Å². The van der Waals surface area contributed by atoms with Crippen molar-refractivity contribution < 1.29 is 17.4 Å². The highest BCUT2D eigenvalue weighted by Crippen LogP contribution is 2.43. The van der Waals surface area contributed by atoms with Gasteiger partial charge in [-0.3, -0.25) is 4.90 Å². The lowest BCUT2D eigenvalue weighted by Crippen LogP contribution is -2.31. The van der Waals surface area contributed by atoms with Crippen molar-refractivity contribution in [2.45, 2.75) is 32.0 Å². The molecule has 0 bridgehead atoms. The van der Waals surface area contributed by atoms with Gasteiger partial charge in [0.15, 0.2) is 0 Å². The topological polar surface area (TPSA) is 61.4 Å². The average Bonchev–Trinajstić information content (AvgIpc) is 3.46. The molecule has 3 aromatic rings. The molecule has 182 valence electrons. The molecule has 2 aliphatic heterocycles. The van der Waals surface area contributed by atoms with E-state index in [1.54, 1.807) is 12.3 Å². The summed E-state index contributed by atoms with van der Waals surface area (Å²) in [4.78, 5) is 14.3. The summed E-state index contributed by atoms with van der Waals surface area (Å²) >= 11 is 1.10. The highest BCUT2D eigenvalue weighted by molar-refractivity contribution is 7.85. The van der Waals surface area contributed by atoms with Gasteiger partial charge in [-0.05, 0) is 43.1 Å². The van der Waals surface area contributed by atoms with E-state index in [0.29, 0.717) is 4.83 Å². The molecule has 0 saturated carbocycles. The number of hydrogen-bond donors (Lipinski definition) is 1. The van der Waals surface area contributed by atoms with E-state index in [1.165, 1.54) is 11.9 Å². The van der Waals surface area contributed by atoms with E-state index in [9.17, 15) is 17.4 Å². The quantitative estimate of drug-likeness (QED) is 0.526. The van der Waals surface area contributed by atoms with Crippen LogP contribution in [-0.2, 0) is 24.0 Å². The Morgan fingerprint density at radius 3 is 2.65 bits per heavy atom. The number of fused-ring (bicyclic) bond motifs is 1. The Labute approximate surface area is 202 Å². The molecule has 1 aromatic carbocycles. The number of anilines is 2. The molecule has 5 rings (SSSR count). The van der Waals surface area contributed by atoms with Gasteiger partial charge in [0.2, 0.25) is 0 Å². The monoisotopic (exact) mass is 509 g/mol. The van der Waals surface area contributed by atoms with Crippen LogP contribution in [0.1, 0.15) is 23.3 Å². The van der Waals surface area contributed by atoms with Crippen molar-refractivity contribution >= 4 is 44.0 Å². The van der Waals surface area contributed by atoms with Crippen molar-refractivity contribution in [1.82, 2.24) is 14.9 Å². The third-order valence-corrected chi connectivity index (χ3v) is 8.18. The van der Waals surface area contributed by atoms with E-state index in [2.05, 4.69) is 36.6 Å². The van der Waals surface area contributed by atoms with Crippen LogP contribution in [0.4, 0.5) is 24.7 Å². The molecule has 34 heavy (non-hydrogen) atoms. The normalized spacial score (nSPS) is 22.2. The Morgan fingerprint density at radius 2 is 1.91 bits per heavy atom. The zero-order chi connectivity index (χ0) is 23.9. The second kappa shape index (κ2) is 9.09. The van der Waals surface area contributed by atoms with E-state index in [1.807, 2.05) is 12.1 Å². The van der Waals surface area contributed by atoms with Crippen LogP contribution in [0.25, 0.3) is 10.2 Å². The van der Waals surface area contributed by atoms with E-state index in [4.69, 9.17) is 0 Å². The Morgan fingerprint density at radius 1 is 1.15 bits per heavy atom. The maximum absolute atomic E-state index is 12.9. The summed E-state index contributed by atoms with van der Waals surface area (Å²) in [6, 6.07) is 9.64. The van der Waals surface area contributed by atoms with E-state index < -0.39 is 23.6 Å². The van der Waals surface area contributed by atoms with Gasteiger partial charge >= 0.3 is 6.18 Å². The molecule has 6 nitrogen and oxygen atoms in total. The molecule has 0 radical (unpaired) electrons. The van der Waals surface area contributed by atoms with Crippen molar-refractivity contribution in [2.24, 2.45) is 5.41 Å². The van der Waals surface area contributed by atoms with Crippen LogP contribution in [0.15, 0.2) is 36.7 Å². The van der Waals surface area contributed by atoms with Gasteiger partial charge in [-0.15, -0.1) is 11.3 Å². The Bertz CT molecular complexity index is 1200. The summed E-state index contributed by atoms with van der Waals surface area (Å²) in [5.74, 6) is 0.751. The van der Waals surface area contributed by atoms with Gasteiger partial charge in [-0.2, -0.15) is 13.2 Å². The highest BCUT2D eigenvalue weighted by atomic mass is 32.2. The minimum absolute atomic E-state index is 0.169. The molecule has 0 aliphatic carbocycles.